The van der Waals surface area contributed by atoms with Gasteiger partial charge < -0.3 is 25.0 Å². The Morgan fingerprint density at radius 2 is 1.77 bits per heavy atom. The van der Waals surface area contributed by atoms with E-state index in [1.165, 1.54) is 0 Å². The maximum Gasteiger partial charge on any atom is 0.340 e. The average molecular weight is 698 g/mol. The van der Waals surface area contributed by atoms with Crippen molar-refractivity contribution < 1.29 is 29.3 Å². The highest BCUT2D eigenvalue weighted by molar-refractivity contribution is 6.07. The Morgan fingerprint density at radius 1 is 0.942 bits per heavy atom. The van der Waals surface area contributed by atoms with E-state index in [4.69, 9.17) is 9.47 Å². The molecule has 1 saturated heterocycles. The zero-order valence-electron chi connectivity index (χ0n) is 30.0. The number of esters is 2. The summed E-state index contributed by atoms with van der Waals surface area (Å²) in [4.78, 5) is 28.6. The number of allylic oxidation sites excluding steroid dienone is 5. The molecule has 0 radical (unpaired) electrons. The second-order valence-corrected chi connectivity index (χ2v) is 15.1. The van der Waals surface area contributed by atoms with Gasteiger partial charge in [0.2, 0.25) is 0 Å². The lowest BCUT2D eigenvalue weighted by atomic mass is 9.44. The number of benzene rings is 3. The highest BCUT2D eigenvalue weighted by Crippen LogP contribution is 2.72. The number of carbonyl (C=O) groups is 2. The van der Waals surface area contributed by atoms with Crippen LogP contribution in [0.4, 0.5) is 0 Å². The number of unbranched alkanes of at least 4 members (excludes halogenated alkanes) is 1. The maximum atomic E-state index is 14.6. The van der Waals surface area contributed by atoms with E-state index in [9.17, 15) is 19.8 Å². The molecule has 7 heteroatoms. The largest absolute Gasteiger partial charge is 0.508 e. The number of hydrogen-bond acceptors (Lipinski definition) is 7. The molecule has 268 valence electrons. The van der Waals surface area contributed by atoms with Crippen molar-refractivity contribution in [2.75, 3.05) is 13.7 Å². The highest BCUT2D eigenvalue weighted by Gasteiger charge is 2.68. The lowest BCUT2D eigenvalue weighted by Gasteiger charge is -2.56. The molecular formula is C45H47NO6. The van der Waals surface area contributed by atoms with Crippen LogP contribution in [0.5, 0.6) is 5.75 Å². The smallest absolute Gasteiger partial charge is 0.340 e. The van der Waals surface area contributed by atoms with Gasteiger partial charge >= 0.3 is 11.9 Å². The zero-order valence-corrected chi connectivity index (χ0v) is 30.0. The fourth-order valence-electron chi connectivity index (χ4n) is 10.1. The van der Waals surface area contributed by atoms with Crippen molar-refractivity contribution >= 4 is 17.5 Å². The van der Waals surface area contributed by atoms with Gasteiger partial charge in [0.15, 0.2) is 0 Å². The minimum Gasteiger partial charge on any atom is -0.508 e. The average Bonchev–Trinajstić information content (AvgIpc) is 3.63. The van der Waals surface area contributed by atoms with E-state index >= 15 is 0 Å². The molecule has 2 fully saturated rings. The van der Waals surface area contributed by atoms with Gasteiger partial charge in [0.05, 0.1) is 11.0 Å². The molecule has 7 nitrogen and oxygen atoms in total. The first-order valence-corrected chi connectivity index (χ1v) is 18.9. The van der Waals surface area contributed by atoms with Crippen LogP contribution in [0.2, 0.25) is 0 Å². The Balaban J connectivity index is 1.36. The number of aromatic hydroxyl groups is 1. The standard InChI is InChI=1S/C45H47NO6/c1-3-4-13-37-35-17-16-34-33-18-20-45(41(34)40(35)43(49)51-37)38(24-28(19-21-47)22-27-9-6-5-7-10-27)52-44(50)42(45)39(33)36-25-31(48)14-15-32(36)30-12-8-11-29(23-30)26-46-2/h5-15,23-25,28,33-34,41,46-48H,3-4,16-22,26H2,1-2H3. The molecule has 5 atom stereocenters. The molecule has 9 rings (SSSR count). The van der Waals surface area contributed by atoms with Crippen LogP contribution in [0.3, 0.4) is 0 Å². The predicted molar refractivity (Wildman–Crippen MR) is 200 cm³/mol. The summed E-state index contributed by atoms with van der Waals surface area (Å²) in [5.41, 5.74) is 7.44. The number of fused-ring (bicyclic) bond motifs is 1. The van der Waals surface area contributed by atoms with Gasteiger partial charge in [-0.15, -0.1) is 0 Å². The van der Waals surface area contributed by atoms with E-state index in [1.807, 2.05) is 49.5 Å². The van der Waals surface area contributed by atoms with Crippen LogP contribution >= 0.6 is 0 Å². The Kier molecular flexibility index (Phi) is 9.26. The van der Waals surface area contributed by atoms with E-state index in [0.717, 1.165) is 71.1 Å². The molecule has 2 heterocycles. The quantitative estimate of drug-likeness (QED) is 0.174. The maximum absolute atomic E-state index is 14.6. The van der Waals surface area contributed by atoms with Crippen LogP contribution in [0.15, 0.2) is 113 Å². The van der Waals surface area contributed by atoms with E-state index in [-0.39, 0.29) is 48.0 Å². The molecule has 5 unspecified atom stereocenters. The van der Waals surface area contributed by atoms with Crippen molar-refractivity contribution in [2.24, 2.45) is 29.1 Å². The first kappa shape index (κ1) is 34.4. The fraction of sp³-hybridized carbons (Fsp3) is 0.378. The Labute approximate surface area is 305 Å². The van der Waals surface area contributed by atoms with Gasteiger partial charge in [-0.2, -0.15) is 0 Å². The van der Waals surface area contributed by atoms with E-state index in [0.29, 0.717) is 48.5 Å². The molecule has 1 saturated carbocycles. The Bertz CT molecular complexity index is 2040. The van der Waals surface area contributed by atoms with Crippen molar-refractivity contribution in [2.45, 2.75) is 64.8 Å². The normalized spacial score (nSPS) is 26.8. The van der Waals surface area contributed by atoms with Crippen LogP contribution in [-0.2, 0) is 32.0 Å². The number of nitrogens with one attached hydrogen (secondary N) is 1. The van der Waals surface area contributed by atoms with Gasteiger partial charge in [0, 0.05) is 30.2 Å². The second kappa shape index (κ2) is 14.0. The van der Waals surface area contributed by atoms with Gasteiger partial charge in [-0.25, -0.2) is 9.59 Å². The lowest BCUT2D eigenvalue weighted by molar-refractivity contribution is -0.135. The SMILES string of the molecule is CCCC=C1OC(=O)C2=C1CCC1C3CCC4(C(=CC(CCO)Cc5ccccc5)OC(=O)C4=C3c3cc(O)ccc3-c3cccc(CNC)c3)C21. The molecule has 0 aromatic heterocycles. The number of aliphatic hydroxyl groups excluding tert-OH is 1. The molecule has 3 N–H and O–H groups in total. The summed E-state index contributed by atoms with van der Waals surface area (Å²) in [5, 5.41) is 24.5. The summed E-state index contributed by atoms with van der Waals surface area (Å²) in [5.74, 6) is 0.404. The summed E-state index contributed by atoms with van der Waals surface area (Å²) in [6.45, 7) is 2.82. The van der Waals surface area contributed by atoms with Crippen LogP contribution in [-0.4, -0.2) is 35.8 Å². The molecule has 3 aromatic rings. The molecule has 2 bridgehead atoms. The van der Waals surface area contributed by atoms with Gasteiger partial charge in [0.25, 0.3) is 0 Å². The summed E-state index contributed by atoms with van der Waals surface area (Å²) < 4.78 is 12.5. The number of hydrogen-bond donors (Lipinski definition) is 3. The third-order valence-electron chi connectivity index (χ3n) is 12.1. The first-order valence-electron chi connectivity index (χ1n) is 18.9. The molecule has 4 aliphatic carbocycles. The number of phenols is 1. The number of ether oxygens (including phenoxy) is 2. The number of phenolic OH excluding ortho intramolecular Hbond substituents is 1. The number of cyclic esters (lactones) is 2. The predicted octanol–water partition coefficient (Wildman–Crippen LogP) is 8.19. The molecule has 6 aliphatic rings. The fourth-order valence-corrected chi connectivity index (χ4v) is 10.1. The summed E-state index contributed by atoms with van der Waals surface area (Å²) in [7, 11) is 1.93. The minimum atomic E-state index is -0.882. The monoisotopic (exact) mass is 697 g/mol. The summed E-state index contributed by atoms with van der Waals surface area (Å²) >= 11 is 0. The van der Waals surface area contributed by atoms with Gasteiger partial charge in [-0.05, 0) is 133 Å². The third-order valence-corrected chi connectivity index (χ3v) is 12.1. The highest BCUT2D eigenvalue weighted by atomic mass is 16.5. The van der Waals surface area contributed by atoms with Crippen molar-refractivity contribution in [3.8, 4) is 16.9 Å². The third kappa shape index (κ3) is 5.66. The molecule has 52 heavy (non-hydrogen) atoms. The van der Waals surface area contributed by atoms with Crippen molar-refractivity contribution in [3.63, 3.8) is 0 Å². The Hall–Kier alpha value is -4.72. The molecule has 2 aliphatic heterocycles. The van der Waals surface area contributed by atoms with E-state index < -0.39 is 5.41 Å². The first-order chi connectivity index (χ1) is 25.4. The topological polar surface area (TPSA) is 105 Å². The lowest BCUT2D eigenvalue weighted by Crippen LogP contribution is -2.52. The number of rotatable bonds is 11. The van der Waals surface area contributed by atoms with Gasteiger partial charge in [-0.3, -0.25) is 0 Å². The van der Waals surface area contributed by atoms with Crippen LogP contribution < -0.4 is 5.32 Å². The number of carbonyl (C=O) groups excluding carboxylic acids is 2. The van der Waals surface area contributed by atoms with Crippen molar-refractivity contribution in [3.05, 3.63) is 130 Å². The van der Waals surface area contributed by atoms with Crippen LogP contribution in [0.1, 0.15) is 68.6 Å². The molecule has 0 amide bonds. The van der Waals surface area contributed by atoms with E-state index in [2.05, 4.69) is 48.6 Å². The molecular weight excluding hydrogens is 650 g/mol. The second-order valence-electron chi connectivity index (χ2n) is 15.1. The van der Waals surface area contributed by atoms with Crippen molar-refractivity contribution in [1.29, 1.82) is 0 Å². The zero-order chi connectivity index (χ0) is 36.0. The molecule has 1 spiro atoms. The van der Waals surface area contributed by atoms with Crippen LogP contribution in [0.25, 0.3) is 16.7 Å². The molecule has 3 aromatic carbocycles. The van der Waals surface area contributed by atoms with Gasteiger partial charge in [-0.1, -0.05) is 67.9 Å². The summed E-state index contributed by atoms with van der Waals surface area (Å²) in [6.07, 6.45) is 10.2. The van der Waals surface area contributed by atoms with Crippen molar-refractivity contribution in [1.82, 2.24) is 5.32 Å². The van der Waals surface area contributed by atoms with Crippen LogP contribution in [0, 0.1) is 29.1 Å². The summed E-state index contributed by atoms with van der Waals surface area (Å²) in [6, 6.07) is 24.0. The van der Waals surface area contributed by atoms with E-state index in [1.54, 1.807) is 6.07 Å². The minimum absolute atomic E-state index is 0.00320. The van der Waals surface area contributed by atoms with Gasteiger partial charge in [0.1, 0.15) is 17.3 Å². The Morgan fingerprint density at radius 3 is 2.56 bits per heavy atom. The number of aliphatic hydroxyl groups is 1.